The number of anilines is 1. The van der Waals surface area contributed by atoms with Crippen molar-refractivity contribution < 1.29 is 4.74 Å². The molecule has 0 radical (unpaired) electrons. The molecule has 0 unspecified atom stereocenters. The zero-order valence-corrected chi connectivity index (χ0v) is 14.3. The molecule has 0 amide bonds. The molecule has 0 saturated carbocycles. The number of halogens is 2. The summed E-state index contributed by atoms with van der Waals surface area (Å²) in [6.07, 6.45) is 0. The molecule has 6 heteroatoms. The molecule has 0 aliphatic carbocycles. The Labute approximate surface area is 140 Å². The summed E-state index contributed by atoms with van der Waals surface area (Å²) in [6, 6.07) is 8.19. The number of hydrogen-bond donors (Lipinski definition) is 1. The Hall–Kier alpha value is -0.520. The summed E-state index contributed by atoms with van der Waals surface area (Å²) in [4.78, 5) is 4.97. The van der Waals surface area contributed by atoms with E-state index in [0.29, 0.717) is 0 Å². The molecule has 1 fully saturated rings. The molecular formula is C15H27Cl2N3O. The number of benzene rings is 1. The number of piperazine rings is 1. The Bertz CT molecular complexity index is 385. The summed E-state index contributed by atoms with van der Waals surface area (Å²) >= 11 is 0. The van der Waals surface area contributed by atoms with E-state index in [9.17, 15) is 0 Å². The van der Waals surface area contributed by atoms with Crippen LogP contribution in [0.2, 0.25) is 0 Å². The maximum Gasteiger partial charge on any atom is 0.0593 e. The molecule has 0 spiro atoms. The molecular weight excluding hydrogens is 309 g/mol. The van der Waals surface area contributed by atoms with Crippen molar-refractivity contribution >= 4 is 30.5 Å². The topological polar surface area (TPSA) is 41.7 Å². The van der Waals surface area contributed by atoms with E-state index in [0.717, 1.165) is 58.2 Å². The van der Waals surface area contributed by atoms with E-state index in [1.54, 1.807) is 0 Å². The Morgan fingerprint density at radius 3 is 2.38 bits per heavy atom. The fourth-order valence-corrected chi connectivity index (χ4v) is 2.46. The Morgan fingerprint density at radius 1 is 1.10 bits per heavy atom. The third-order valence-electron chi connectivity index (χ3n) is 3.58. The molecule has 1 aromatic carbocycles. The first-order valence-electron chi connectivity index (χ1n) is 7.15. The third-order valence-corrected chi connectivity index (χ3v) is 3.58. The average Bonchev–Trinajstić information content (AvgIpc) is 2.41. The highest BCUT2D eigenvalue weighted by Gasteiger charge is 2.16. The molecule has 21 heavy (non-hydrogen) atoms. The summed E-state index contributed by atoms with van der Waals surface area (Å²) in [5, 5.41) is 0. The van der Waals surface area contributed by atoms with Gasteiger partial charge in [-0.3, -0.25) is 9.80 Å². The lowest BCUT2D eigenvalue weighted by Gasteiger charge is -2.34. The predicted octanol–water partition coefficient (Wildman–Crippen LogP) is 2.27. The van der Waals surface area contributed by atoms with Crippen molar-refractivity contribution in [3.63, 3.8) is 0 Å². The van der Waals surface area contributed by atoms with E-state index < -0.39 is 0 Å². The first-order valence-corrected chi connectivity index (χ1v) is 7.15. The van der Waals surface area contributed by atoms with Crippen LogP contribution in [0.15, 0.2) is 24.3 Å². The highest BCUT2D eigenvalue weighted by atomic mass is 35.5. The minimum absolute atomic E-state index is 0. The number of hydrogen-bond acceptors (Lipinski definition) is 4. The van der Waals surface area contributed by atoms with E-state index in [-0.39, 0.29) is 24.8 Å². The molecule has 1 heterocycles. The molecule has 1 aromatic rings. The molecule has 0 bridgehead atoms. The predicted molar refractivity (Wildman–Crippen MR) is 93.6 cm³/mol. The summed E-state index contributed by atoms with van der Waals surface area (Å²) in [7, 11) is 0. The van der Waals surface area contributed by atoms with Gasteiger partial charge in [-0.2, -0.15) is 0 Å². The SMILES string of the molecule is CCOCCN1CCN(Cc2cccc(N)c2)CC1.Cl.Cl. The van der Waals surface area contributed by atoms with Crippen LogP contribution in [0.3, 0.4) is 0 Å². The van der Waals surface area contributed by atoms with Crippen LogP contribution in [-0.2, 0) is 11.3 Å². The lowest BCUT2D eigenvalue weighted by atomic mass is 10.2. The molecule has 2 N–H and O–H groups in total. The van der Waals surface area contributed by atoms with Crippen LogP contribution in [0.5, 0.6) is 0 Å². The minimum Gasteiger partial charge on any atom is -0.399 e. The van der Waals surface area contributed by atoms with Gasteiger partial charge in [-0.05, 0) is 24.6 Å². The van der Waals surface area contributed by atoms with Gasteiger partial charge in [0.15, 0.2) is 0 Å². The molecule has 2 rings (SSSR count). The van der Waals surface area contributed by atoms with Crippen molar-refractivity contribution in [2.24, 2.45) is 0 Å². The second-order valence-corrected chi connectivity index (χ2v) is 5.06. The minimum atomic E-state index is 0. The van der Waals surface area contributed by atoms with E-state index in [4.69, 9.17) is 10.5 Å². The van der Waals surface area contributed by atoms with Crippen molar-refractivity contribution in [3.05, 3.63) is 29.8 Å². The van der Waals surface area contributed by atoms with Crippen molar-refractivity contribution in [2.75, 3.05) is 51.7 Å². The first kappa shape index (κ1) is 20.5. The van der Waals surface area contributed by atoms with Crippen molar-refractivity contribution in [1.29, 1.82) is 0 Å². The molecule has 1 aliphatic rings. The van der Waals surface area contributed by atoms with Crippen molar-refractivity contribution in [2.45, 2.75) is 13.5 Å². The average molecular weight is 336 g/mol. The van der Waals surface area contributed by atoms with Gasteiger partial charge in [0.25, 0.3) is 0 Å². The molecule has 0 atom stereocenters. The number of nitrogen functional groups attached to an aromatic ring is 1. The summed E-state index contributed by atoms with van der Waals surface area (Å²) in [6.45, 7) is 10.3. The Morgan fingerprint density at radius 2 is 1.76 bits per heavy atom. The maximum absolute atomic E-state index is 5.81. The molecule has 1 aliphatic heterocycles. The second kappa shape index (κ2) is 11.1. The monoisotopic (exact) mass is 335 g/mol. The fourth-order valence-electron chi connectivity index (χ4n) is 2.46. The van der Waals surface area contributed by atoms with Gasteiger partial charge >= 0.3 is 0 Å². The van der Waals surface area contributed by atoms with Gasteiger partial charge in [-0.1, -0.05) is 12.1 Å². The quantitative estimate of drug-likeness (QED) is 0.639. The van der Waals surface area contributed by atoms with Gasteiger partial charge in [-0.15, -0.1) is 24.8 Å². The van der Waals surface area contributed by atoms with Crippen LogP contribution in [0.4, 0.5) is 5.69 Å². The molecule has 1 saturated heterocycles. The number of nitrogens with two attached hydrogens (primary N) is 1. The lowest BCUT2D eigenvalue weighted by molar-refractivity contribution is 0.0786. The summed E-state index contributed by atoms with van der Waals surface area (Å²) in [5.41, 5.74) is 7.98. The van der Waals surface area contributed by atoms with Gasteiger partial charge in [0.1, 0.15) is 0 Å². The van der Waals surface area contributed by atoms with E-state index in [1.807, 2.05) is 19.1 Å². The summed E-state index contributed by atoms with van der Waals surface area (Å²) < 4.78 is 5.40. The molecule has 122 valence electrons. The van der Waals surface area contributed by atoms with Crippen LogP contribution in [-0.4, -0.2) is 55.7 Å². The second-order valence-electron chi connectivity index (χ2n) is 5.06. The number of rotatable bonds is 6. The van der Waals surface area contributed by atoms with Gasteiger partial charge < -0.3 is 10.5 Å². The summed E-state index contributed by atoms with van der Waals surface area (Å²) in [5.74, 6) is 0. The van der Waals surface area contributed by atoms with Crippen LogP contribution < -0.4 is 5.73 Å². The van der Waals surface area contributed by atoms with Gasteiger partial charge in [-0.25, -0.2) is 0 Å². The number of ether oxygens (including phenoxy) is 1. The van der Waals surface area contributed by atoms with E-state index >= 15 is 0 Å². The van der Waals surface area contributed by atoms with Crippen LogP contribution in [0.1, 0.15) is 12.5 Å². The van der Waals surface area contributed by atoms with Crippen molar-refractivity contribution in [3.8, 4) is 0 Å². The van der Waals surface area contributed by atoms with Gasteiger partial charge in [0.2, 0.25) is 0 Å². The van der Waals surface area contributed by atoms with E-state index in [1.165, 1.54) is 5.56 Å². The molecule has 0 aromatic heterocycles. The van der Waals surface area contributed by atoms with Crippen molar-refractivity contribution in [1.82, 2.24) is 9.80 Å². The normalized spacial score (nSPS) is 16.0. The van der Waals surface area contributed by atoms with Gasteiger partial charge in [0.05, 0.1) is 6.61 Å². The zero-order chi connectivity index (χ0) is 13.5. The first-order chi connectivity index (χ1) is 9.28. The van der Waals surface area contributed by atoms with E-state index in [2.05, 4.69) is 21.9 Å². The van der Waals surface area contributed by atoms with Crippen LogP contribution in [0.25, 0.3) is 0 Å². The van der Waals surface area contributed by atoms with Crippen LogP contribution in [0, 0.1) is 0 Å². The number of nitrogens with zero attached hydrogens (tertiary/aromatic N) is 2. The Balaban J connectivity index is 0.00000200. The van der Waals surface area contributed by atoms with Gasteiger partial charge in [0, 0.05) is 51.6 Å². The smallest absolute Gasteiger partial charge is 0.0593 e. The zero-order valence-electron chi connectivity index (χ0n) is 12.7. The highest BCUT2D eigenvalue weighted by Crippen LogP contribution is 2.11. The maximum atomic E-state index is 5.81. The highest BCUT2D eigenvalue weighted by molar-refractivity contribution is 5.85. The molecule has 4 nitrogen and oxygen atoms in total. The third kappa shape index (κ3) is 7.34. The lowest BCUT2D eigenvalue weighted by Crippen LogP contribution is -2.46. The van der Waals surface area contributed by atoms with Crippen LogP contribution >= 0.6 is 24.8 Å². The largest absolute Gasteiger partial charge is 0.399 e. The standard InChI is InChI=1S/C15H25N3O.2ClH/c1-2-19-11-10-17-6-8-18(9-7-17)13-14-4-3-5-15(16)12-14;;/h3-5,12H,2,6-11,13,16H2,1H3;2*1H. The fraction of sp³-hybridized carbons (Fsp3) is 0.600. The Kier molecular flexibility index (Phi) is 10.8.